The minimum absolute atomic E-state index is 0.00236. The number of hydrogen-bond acceptors (Lipinski definition) is 3. The maximum Gasteiger partial charge on any atom is 0.243 e. The zero-order valence-electron chi connectivity index (χ0n) is 7.56. The van der Waals surface area contributed by atoms with Crippen LogP contribution in [0.2, 0.25) is 0 Å². The SMILES string of the molecule is CCS(=O)(=O)[C@H]1C(=O)N2CCC[C@H]12. The third-order valence-corrected chi connectivity index (χ3v) is 5.06. The van der Waals surface area contributed by atoms with Crippen molar-refractivity contribution in [1.82, 2.24) is 4.90 Å². The Morgan fingerprint density at radius 3 is 2.85 bits per heavy atom. The molecule has 2 fully saturated rings. The van der Waals surface area contributed by atoms with E-state index in [0.29, 0.717) is 0 Å². The maximum absolute atomic E-state index is 11.5. The van der Waals surface area contributed by atoms with Gasteiger partial charge in [0.25, 0.3) is 0 Å². The minimum atomic E-state index is -3.16. The van der Waals surface area contributed by atoms with E-state index in [1.165, 1.54) is 0 Å². The molecule has 0 N–H and O–H groups in total. The lowest BCUT2D eigenvalue weighted by Gasteiger charge is -2.41. The predicted octanol–water partition coefficient (Wildman–Crippen LogP) is -0.206. The predicted molar refractivity (Wildman–Crippen MR) is 48.0 cm³/mol. The molecule has 0 aromatic rings. The molecule has 1 amide bonds. The van der Waals surface area contributed by atoms with E-state index >= 15 is 0 Å². The number of hydrogen-bond donors (Lipinski definition) is 0. The van der Waals surface area contributed by atoms with E-state index in [1.54, 1.807) is 11.8 Å². The summed E-state index contributed by atoms with van der Waals surface area (Å²) >= 11 is 0. The molecule has 4 nitrogen and oxygen atoms in total. The Labute approximate surface area is 77.8 Å². The van der Waals surface area contributed by atoms with Crippen LogP contribution in [0.25, 0.3) is 0 Å². The first-order valence-corrected chi connectivity index (χ1v) is 6.31. The van der Waals surface area contributed by atoms with Gasteiger partial charge < -0.3 is 4.90 Å². The van der Waals surface area contributed by atoms with Crippen LogP contribution >= 0.6 is 0 Å². The molecule has 0 unspecified atom stereocenters. The van der Waals surface area contributed by atoms with Crippen LogP contribution in [0, 0.1) is 0 Å². The van der Waals surface area contributed by atoms with Crippen LogP contribution in [-0.4, -0.2) is 42.8 Å². The number of sulfone groups is 1. The normalized spacial score (nSPS) is 33.0. The summed E-state index contributed by atoms with van der Waals surface area (Å²) in [7, 11) is -3.16. The average Bonchev–Trinajstić information content (AvgIpc) is 2.47. The zero-order valence-corrected chi connectivity index (χ0v) is 8.38. The Hall–Kier alpha value is -0.580. The number of amides is 1. The van der Waals surface area contributed by atoms with Crippen molar-refractivity contribution in [2.24, 2.45) is 0 Å². The molecule has 0 radical (unpaired) electrons. The van der Waals surface area contributed by atoms with Gasteiger partial charge in [-0.1, -0.05) is 6.92 Å². The largest absolute Gasteiger partial charge is 0.337 e. The number of nitrogens with zero attached hydrogens (tertiary/aromatic N) is 1. The third-order valence-electron chi connectivity index (χ3n) is 2.96. The first-order chi connectivity index (χ1) is 6.08. The van der Waals surface area contributed by atoms with Gasteiger partial charge in [-0.2, -0.15) is 0 Å². The summed E-state index contributed by atoms with van der Waals surface area (Å²) < 4.78 is 23.0. The Morgan fingerprint density at radius 2 is 2.23 bits per heavy atom. The van der Waals surface area contributed by atoms with E-state index in [-0.39, 0.29) is 17.7 Å². The standard InChI is InChI=1S/C8H13NO3S/c1-2-13(11,12)7-6-4-3-5-9(6)8(7)10/h6-7H,2-5H2,1H3/t6-,7-/m1/s1. The van der Waals surface area contributed by atoms with Crippen molar-refractivity contribution in [2.45, 2.75) is 31.1 Å². The van der Waals surface area contributed by atoms with Gasteiger partial charge in [0.2, 0.25) is 5.91 Å². The molecular weight excluding hydrogens is 190 g/mol. The average molecular weight is 203 g/mol. The number of rotatable bonds is 2. The van der Waals surface area contributed by atoms with Crippen LogP contribution in [0.3, 0.4) is 0 Å². The quantitative estimate of drug-likeness (QED) is 0.584. The number of carbonyl (C=O) groups is 1. The van der Waals surface area contributed by atoms with Crippen LogP contribution in [-0.2, 0) is 14.6 Å². The molecule has 0 saturated carbocycles. The zero-order chi connectivity index (χ0) is 9.64. The highest BCUT2D eigenvalue weighted by Crippen LogP contribution is 2.34. The van der Waals surface area contributed by atoms with Crippen molar-refractivity contribution in [1.29, 1.82) is 0 Å². The fourth-order valence-corrected chi connectivity index (χ4v) is 3.76. The first-order valence-electron chi connectivity index (χ1n) is 4.60. The second kappa shape index (κ2) is 2.70. The molecule has 5 heteroatoms. The lowest BCUT2D eigenvalue weighted by Crippen LogP contribution is -2.64. The van der Waals surface area contributed by atoms with E-state index in [2.05, 4.69) is 0 Å². The van der Waals surface area contributed by atoms with Gasteiger partial charge >= 0.3 is 0 Å². The van der Waals surface area contributed by atoms with Crippen LogP contribution in [0.15, 0.2) is 0 Å². The van der Waals surface area contributed by atoms with E-state index in [1.807, 2.05) is 0 Å². The number of β-lactam (4-membered cyclic amide) rings is 1. The second-order valence-corrected chi connectivity index (χ2v) is 6.02. The van der Waals surface area contributed by atoms with Crippen molar-refractivity contribution in [3.63, 3.8) is 0 Å². The molecule has 2 heterocycles. The van der Waals surface area contributed by atoms with E-state index in [9.17, 15) is 13.2 Å². The maximum atomic E-state index is 11.5. The van der Waals surface area contributed by atoms with Gasteiger partial charge in [-0.3, -0.25) is 4.79 Å². The molecule has 13 heavy (non-hydrogen) atoms. The lowest BCUT2D eigenvalue weighted by atomic mass is 10.0. The van der Waals surface area contributed by atoms with Crippen LogP contribution < -0.4 is 0 Å². The Morgan fingerprint density at radius 1 is 1.54 bits per heavy atom. The molecule has 2 aliphatic rings. The van der Waals surface area contributed by atoms with Crippen molar-refractivity contribution in [3.8, 4) is 0 Å². The monoisotopic (exact) mass is 203 g/mol. The van der Waals surface area contributed by atoms with E-state index in [4.69, 9.17) is 0 Å². The summed E-state index contributed by atoms with van der Waals surface area (Å²) in [5.41, 5.74) is 0. The summed E-state index contributed by atoms with van der Waals surface area (Å²) in [6.45, 7) is 2.35. The van der Waals surface area contributed by atoms with Crippen LogP contribution in [0.5, 0.6) is 0 Å². The van der Waals surface area contributed by atoms with Gasteiger partial charge in [-0.05, 0) is 12.8 Å². The topological polar surface area (TPSA) is 54.5 Å². The summed E-state index contributed by atoms with van der Waals surface area (Å²) in [6.07, 6.45) is 1.81. The molecule has 2 rings (SSSR count). The van der Waals surface area contributed by atoms with Crippen LogP contribution in [0.1, 0.15) is 19.8 Å². The fourth-order valence-electron chi connectivity index (χ4n) is 2.20. The molecule has 74 valence electrons. The highest BCUT2D eigenvalue weighted by Gasteiger charge is 2.55. The molecular formula is C8H13NO3S. The summed E-state index contributed by atoms with van der Waals surface area (Å²) in [5, 5.41) is -0.708. The van der Waals surface area contributed by atoms with Gasteiger partial charge in [0.1, 0.15) is 0 Å². The number of fused-ring (bicyclic) bond motifs is 1. The van der Waals surface area contributed by atoms with Crippen molar-refractivity contribution >= 4 is 15.7 Å². The number of carbonyl (C=O) groups excluding carboxylic acids is 1. The Bertz CT molecular complexity index is 335. The smallest absolute Gasteiger partial charge is 0.243 e. The van der Waals surface area contributed by atoms with Gasteiger partial charge in [0.05, 0.1) is 6.04 Å². The van der Waals surface area contributed by atoms with Crippen LogP contribution in [0.4, 0.5) is 0 Å². The highest BCUT2D eigenvalue weighted by molar-refractivity contribution is 7.92. The molecule has 2 aliphatic heterocycles. The summed E-state index contributed by atoms with van der Waals surface area (Å²) in [5.74, 6) is -0.0994. The molecule has 0 aromatic carbocycles. The van der Waals surface area contributed by atoms with Gasteiger partial charge in [-0.15, -0.1) is 0 Å². The molecule has 2 saturated heterocycles. The molecule has 0 spiro atoms. The summed E-state index contributed by atoms with van der Waals surface area (Å²) in [4.78, 5) is 13.1. The summed E-state index contributed by atoms with van der Waals surface area (Å²) in [6, 6.07) is -0.00236. The van der Waals surface area contributed by atoms with E-state index < -0.39 is 15.1 Å². The van der Waals surface area contributed by atoms with Crippen molar-refractivity contribution < 1.29 is 13.2 Å². The van der Waals surface area contributed by atoms with Crippen molar-refractivity contribution in [3.05, 3.63) is 0 Å². The van der Waals surface area contributed by atoms with Crippen molar-refractivity contribution in [2.75, 3.05) is 12.3 Å². The van der Waals surface area contributed by atoms with Gasteiger partial charge in [-0.25, -0.2) is 8.42 Å². The van der Waals surface area contributed by atoms with Gasteiger partial charge in [0.15, 0.2) is 15.1 Å². The third kappa shape index (κ3) is 1.10. The Balaban J connectivity index is 2.23. The first kappa shape index (κ1) is 8.99. The van der Waals surface area contributed by atoms with E-state index in [0.717, 1.165) is 19.4 Å². The molecule has 0 aliphatic carbocycles. The minimum Gasteiger partial charge on any atom is -0.337 e. The molecule has 2 atom stereocenters. The Kier molecular flexibility index (Phi) is 1.87. The molecule has 0 bridgehead atoms. The lowest BCUT2D eigenvalue weighted by molar-refractivity contribution is -0.141. The molecule has 0 aromatic heterocycles. The van der Waals surface area contributed by atoms with Gasteiger partial charge in [0, 0.05) is 12.3 Å². The second-order valence-electron chi connectivity index (χ2n) is 3.61. The fraction of sp³-hybridized carbons (Fsp3) is 0.875. The highest BCUT2D eigenvalue weighted by atomic mass is 32.2.